The van der Waals surface area contributed by atoms with E-state index in [1.165, 1.54) is 6.08 Å². The first-order valence-corrected chi connectivity index (χ1v) is 9.19. The Morgan fingerprint density at radius 2 is 1.88 bits per heavy atom. The number of hydrazine groups is 1. The molecule has 2 amide bonds. The summed E-state index contributed by atoms with van der Waals surface area (Å²) in [4.78, 5) is 25.8. The number of carbonyl (C=O) groups excluding carboxylic acids is 2. The lowest BCUT2D eigenvalue weighted by molar-refractivity contribution is -0.127. The number of carbonyl (C=O) groups is 2. The van der Waals surface area contributed by atoms with E-state index >= 15 is 0 Å². The molecule has 0 unspecified atom stereocenters. The van der Waals surface area contributed by atoms with Crippen LogP contribution in [-0.2, 0) is 14.3 Å². The van der Waals surface area contributed by atoms with Crippen molar-refractivity contribution in [3.63, 3.8) is 0 Å². The van der Waals surface area contributed by atoms with Gasteiger partial charge in [-0.15, -0.1) is 0 Å². The Balaban J connectivity index is 1.70. The molecule has 0 saturated carbocycles. The van der Waals surface area contributed by atoms with Crippen LogP contribution in [0.4, 0.5) is 0 Å². The van der Waals surface area contributed by atoms with Gasteiger partial charge in [-0.2, -0.15) is 0 Å². The lowest BCUT2D eigenvalue weighted by Crippen LogP contribution is -2.47. The van der Waals surface area contributed by atoms with Crippen molar-refractivity contribution in [2.75, 3.05) is 19.6 Å². The number of morpholine rings is 1. The predicted molar refractivity (Wildman–Crippen MR) is 103 cm³/mol. The summed E-state index contributed by atoms with van der Waals surface area (Å²) in [6, 6.07) is 5.04. The van der Waals surface area contributed by atoms with E-state index in [0.29, 0.717) is 23.0 Å². The van der Waals surface area contributed by atoms with Gasteiger partial charge < -0.3 is 4.74 Å². The number of rotatable bonds is 5. The highest BCUT2D eigenvalue weighted by molar-refractivity contribution is 6.42. The van der Waals surface area contributed by atoms with Gasteiger partial charge in [0.05, 0.1) is 22.3 Å². The number of ether oxygens (including phenoxy) is 1. The van der Waals surface area contributed by atoms with E-state index in [1.807, 2.05) is 13.8 Å². The Kier molecular flexibility index (Phi) is 7.90. The molecule has 2 atom stereocenters. The van der Waals surface area contributed by atoms with E-state index in [4.69, 9.17) is 27.9 Å². The van der Waals surface area contributed by atoms with Crippen molar-refractivity contribution >= 4 is 41.1 Å². The van der Waals surface area contributed by atoms with Crippen molar-refractivity contribution < 1.29 is 14.3 Å². The Labute approximate surface area is 163 Å². The molecule has 8 heteroatoms. The van der Waals surface area contributed by atoms with Crippen molar-refractivity contribution in [3.8, 4) is 0 Å². The second-order valence-corrected chi connectivity index (χ2v) is 7.13. The van der Waals surface area contributed by atoms with Crippen LogP contribution in [0.15, 0.2) is 24.3 Å². The Bertz CT molecular complexity index is 672. The first-order valence-electron chi connectivity index (χ1n) is 8.43. The van der Waals surface area contributed by atoms with Gasteiger partial charge in [-0.25, -0.2) is 0 Å². The van der Waals surface area contributed by atoms with Gasteiger partial charge in [0.15, 0.2) is 0 Å². The fourth-order valence-electron chi connectivity index (χ4n) is 2.75. The minimum atomic E-state index is -0.432. The van der Waals surface area contributed by atoms with Gasteiger partial charge in [-0.05, 0) is 37.6 Å². The Morgan fingerprint density at radius 3 is 2.54 bits per heavy atom. The third-order valence-electron chi connectivity index (χ3n) is 3.85. The number of nitrogens with one attached hydrogen (secondary N) is 2. The SMILES string of the molecule is C[C@@H]1CN(CCC(=O)NNC(=O)/C=C/c2ccc(Cl)c(Cl)c2)C[C@@H](C)O1. The maximum Gasteiger partial charge on any atom is 0.262 e. The quantitative estimate of drug-likeness (QED) is 0.589. The van der Waals surface area contributed by atoms with Crippen LogP contribution in [0.1, 0.15) is 25.8 Å². The molecule has 0 aromatic heterocycles. The molecule has 1 heterocycles. The zero-order valence-corrected chi connectivity index (χ0v) is 16.3. The highest BCUT2D eigenvalue weighted by Gasteiger charge is 2.22. The second-order valence-electron chi connectivity index (χ2n) is 6.31. The fourth-order valence-corrected chi connectivity index (χ4v) is 3.06. The van der Waals surface area contributed by atoms with Crippen molar-refractivity contribution in [1.82, 2.24) is 15.8 Å². The molecule has 2 rings (SSSR count). The van der Waals surface area contributed by atoms with Gasteiger partial charge >= 0.3 is 0 Å². The first-order chi connectivity index (χ1) is 12.3. The van der Waals surface area contributed by atoms with Crippen LogP contribution in [0.5, 0.6) is 0 Å². The number of amides is 2. The lowest BCUT2D eigenvalue weighted by atomic mass is 10.2. The molecule has 1 saturated heterocycles. The number of nitrogens with zero attached hydrogens (tertiary/aromatic N) is 1. The minimum absolute atomic E-state index is 0.160. The molecule has 0 spiro atoms. The van der Waals surface area contributed by atoms with Crippen molar-refractivity contribution in [2.45, 2.75) is 32.5 Å². The Morgan fingerprint density at radius 1 is 1.19 bits per heavy atom. The van der Waals surface area contributed by atoms with E-state index in [0.717, 1.165) is 18.7 Å². The summed E-state index contributed by atoms with van der Waals surface area (Å²) in [5, 5.41) is 0.860. The van der Waals surface area contributed by atoms with Gasteiger partial charge in [0.2, 0.25) is 5.91 Å². The normalized spacial score (nSPS) is 20.9. The highest BCUT2D eigenvalue weighted by atomic mass is 35.5. The molecule has 142 valence electrons. The number of hydrogen-bond acceptors (Lipinski definition) is 4. The summed E-state index contributed by atoms with van der Waals surface area (Å²) in [5.41, 5.74) is 5.50. The smallest absolute Gasteiger partial charge is 0.262 e. The maximum atomic E-state index is 11.9. The minimum Gasteiger partial charge on any atom is -0.373 e. The molecule has 6 nitrogen and oxygen atoms in total. The van der Waals surface area contributed by atoms with Crippen molar-refractivity contribution in [2.24, 2.45) is 0 Å². The largest absolute Gasteiger partial charge is 0.373 e. The monoisotopic (exact) mass is 399 g/mol. The highest BCUT2D eigenvalue weighted by Crippen LogP contribution is 2.23. The van der Waals surface area contributed by atoms with Crippen LogP contribution in [0.2, 0.25) is 10.0 Å². The van der Waals surface area contributed by atoms with E-state index < -0.39 is 5.91 Å². The first kappa shape index (κ1) is 20.7. The summed E-state index contributed by atoms with van der Waals surface area (Å²) < 4.78 is 5.66. The molecule has 1 aromatic rings. The van der Waals surface area contributed by atoms with Crippen LogP contribution in [0.3, 0.4) is 0 Å². The summed E-state index contributed by atoms with van der Waals surface area (Å²) in [7, 11) is 0. The summed E-state index contributed by atoms with van der Waals surface area (Å²) in [6.45, 7) is 6.26. The molecule has 1 aromatic carbocycles. The maximum absolute atomic E-state index is 11.9. The van der Waals surface area contributed by atoms with Gasteiger partial charge in [0.25, 0.3) is 5.91 Å². The van der Waals surface area contributed by atoms with Crippen LogP contribution >= 0.6 is 23.2 Å². The molecular formula is C18H23Cl2N3O3. The van der Waals surface area contributed by atoms with Crippen LogP contribution in [0.25, 0.3) is 6.08 Å². The molecule has 26 heavy (non-hydrogen) atoms. The number of halogens is 2. The average molecular weight is 400 g/mol. The molecule has 0 radical (unpaired) electrons. The fraction of sp³-hybridized carbons (Fsp3) is 0.444. The zero-order chi connectivity index (χ0) is 19.1. The van der Waals surface area contributed by atoms with E-state index in [9.17, 15) is 9.59 Å². The van der Waals surface area contributed by atoms with Crippen molar-refractivity contribution in [1.29, 1.82) is 0 Å². The van der Waals surface area contributed by atoms with E-state index in [2.05, 4.69) is 15.8 Å². The summed E-state index contributed by atoms with van der Waals surface area (Å²) >= 11 is 11.7. The third-order valence-corrected chi connectivity index (χ3v) is 4.59. The Hall–Kier alpha value is -1.60. The third kappa shape index (κ3) is 6.96. The number of benzene rings is 1. The van der Waals surface area contributed by atoms with Gasteiger partial charge in [-0.1, -0.05) is 29.3 Å². The van der Waals surface area contributed by atoms with Gasteiger partial charge in [-0.3, -0.25) is 25.3 Å². The molecule has 1 aliphatic rings. The predicted octanol–water partition coefficient (Wildman–Crippen LogP) is 2.65. The summed E-state index contributed by atoms with van der Waals surface area (Å²) in [5.74, 6) is -0.675. The van der Waals surface area contributed by atoms with Crippen LogP contribution in [-0.4, -0.2) is 48.6 Å². The van der Waals surface area contributed by atoms with E-state index in [1.54, 1.807) is 24.3 Å². The van der Waals surface area contributed by atoms with Crippen LogP contribution in [0, 0.1) is 0 Å². The van der Waals surface area contributed by atoms with E-state index in [-0.39, 0.29) is 18.1 Å². The number of hydrogen-bond donors (Lipinski definition) is 2. The molecule has 0 aliphatic carbocycles. The molecular weight excluding hydrogens is 377 g/mol. The average Bonchev–Trinajstić information content (AvgIpc) is 2.58. The summed E-state index contributed by atoms with van der Waals surface area (Å²) in [6.07, 6.45) is 3.52. The molecule has 1 aliphatic heterocycles. The van der Waals surface area contributed by atoms with Gasteiger partial charge in [0, 0.05) is 32.1 Å². The lowest BCUT2D eigenvalue weighted by Gasteiger charge is -2.35. The topological polar surface area (TPSA) is 70.7 Å². The standard InChI is InChI=1S/C18H23Cl2N3O3/c1-12-10-23(11-13(2)26-12)8-7-18(25)22-21-17(24)6-4-14-3-5-15(19)16(20)9-14/h3-6,9,12-13H,7-8,10-11H2,1-2H3,(H,21,24)(H,22,25)/b6-4+/t12-,13-/m1/s1. The molecule has 2 N–H and O–H groups in total. The van der Waals surface area contributed by atoms with Gasteiger partial charge in [0.1, 0.15) is 0 Å². The van der Waals surface area contributed by atoms with Crippen LogP contribution < -0.4 is 10.9 Å². The second kappa shape index (κ2) is 9.92. The van der Waals surface area contributed by atoms with Crippen molar-refractivity contribution in [3.05, 3.63) is 39.9 Å². The molecule has 1 fully saturated rings. The molecule has 0 bridgehead atoms. The zero-order valence-electron chi connectivity index (χ0n) is 14.8.